The predicted molar refractivity (Wildman–Crippen MR) is 95.3 cm³/mol. The molecule has 3 rings (SSSR count). The molecule has 2 aromatic rings. The van der Waals surface area contributed by atoms with E-state index in [2.05, 4.69) is 15.6 Å². The second-order valence-electron chi connectivity index (χ2n) is 5.44. The van der Waals surface area contributed by atoms with Gasteiger partial charge in [0.25, 0.3) is 0 Å². The molecule has 0 bridgehead atoms. The molecule has 1 aromatic carbocycles. The summed E-state index contributed by atoms with van der Waals surface area (Å²) >= 11 is 1.60. The quantitative estimate of drug-likeness (QED) is 0.887. The third kappa shape index (κ3) is 4.73. The Labute approximate surface area is 146 Å². The second kappa shape index (κ2) is 8.38. The van der Waals surface area contributed by atoms with E-state index in [9.17, 15) is 4.79 Å². The van der Waals surface area contributed by atoms with Gasteiger partial charge in [-0.2, -0.15) is 0 Å². The summed E-state index contributed by atoms with van der Waals surface area (Å²) in [4.78, 5) is 17.6. The summed E-state index contributed by atoms with van der Waals surface area (Å²) in [5.41, 5.74) is 0.835. The van der Waals surface area contributed by atoms with E-state index in [4.69, 9.17) is 0 Å². The number of anilines is 1. The lowest BCUT2D eigenvalue weighted by Gasteiger charge is -2.22. The van der Waals surface area contributed by atoms with Crippen LogP contribution in [0.2, 0.25) is 0 Å². The molecule has 2 N–H and O–H groups in total. The molecular weight excluding hydrogens is 332 g/mol. The molecular formula is C16H21ClN4OS. The van der Waals surface area contributed by atoms with Crippen molar-refractivity contribution in [1.29, 1.82) is 0 Å². The van der Waals surface area contributed by atoms with Crippen LogP contribution in [0.4, 0.5) is 5.69 Å². The molecule has 0 aliphatic carbocycles. The van der Waals surface area contributed by atoms with Gasteiger partial charge in [0.15, 0.2) is 5.16 Å². The van der Waals surface area contributed by atoms with Gasteiger partial charge in [0, 0.05) is 30.0 Å². The predicted octanol–water partition coefficient (Wildman–Crippen LogP) is 3.07. The number of aryl methyl sites for hydroxylation is 1. The van der Waals surface area contributed by atoms with Gasteiger partial charge in [0.05, 0.1) is 6.04 Å². The normalized spacial score (nSPS) is 17.3. The number of nitrogens with zero attached hydrogens (tertiary/aromatic N) is 2. The van der Waals surface area contributed by atoms with Crippen LogP contribution in [0.3, 0.4) is 0 Å². The molecule has 1 atom stereocenters. The van der Waals surface area contributed by atoms with Crippen LogP contribution in [-0.4, -0.2) is 28.0 Å². The van der Waals surface area contributed by atoms with Gasteiger partial charge < -0.3 is 15.2 Å². The molecule has 124 valence electrons. The van der Waals surface area contributed by atoms with Crippen LogP contribution in [0.1, 0.15) is 19.3 Å². The van der Waals surface area contributed by atoms with Crippen molar-refractivity contribution in [2.75, 3.05) is 11.9 Å². The number of imidazole rings is 1. The molecule has 7 heteroatoms. The maximum atomic E-state index is 12.2. The lowest BCUT2D eigenvalue weighted by molar-refractivity contribution is -0.118. The molecule has 1 fully saturated rings. The van der Waals surface area contributed by atoms with Crippen LogP contribution in [-0.2, 0) is 11.8 Å². The van der Waals surface area contributed by atoms with Crippen molar-refractivity contribution in [3.63, 3.8) is 0 Å². The van der Waals surface area contributed by atoms with Crippen LogP contribution < -0.4 is 10.6 Å². The summed E-state index contributed by atoms with van der Waals surface area (Å²) in [7, 11) is 1.97. The van der Waals surface area contributed by atoms with E-state index < -0.39 is 0 Å². The largest absolute Gasteiger partial charge is 0.329 e. The van der Waals surface area contributed by atoms with Gasteiger partial charge >= 0.3 is 0 Å². The van der Waals surface area contributed by atoms with E-state index in [1.165, 1.54) is 0 Å². The standard InChI is InChI=1S/C16H20N4OS.ClH/c1-20-11-10-18-16(20)22-13-7-5-12(6-8-13)19-15(21)14-4-2-3-9-17-14;/h5-8,10-11,14,17H,2-4,9H2,1H3,(H,19,21);1H. The van der Waals surface area contributed by atoms with Crippen LogP contribution in [0, 0.1) is 0 Å². The van der Waals surface area contributed by atoms with E-state index in [1.54, 1.807) is 18.0 Å². The first-order valence-electron chi connectivity index (χ1n) is 7.52. The summed E-state index contributed by atoms with van der Waals surface area (Å²) < 4.78 is 1.98. The fourth-order valence-electron chi connectivity index (χ4n) is 2.47. The monoisotopic (exact) mass is 352 g/mol. The zero-order valence-corrected chi connectivity index (χ0v) is 14.6. The second-order valence-corrected chi connectivity index (χ2v) is 6.48. The Balaban J connectivity index is 0.00000192. The van der Waals surface area contributed by atoms with Crippen LogP contribution >= 0.6 is 24.2 Å². The van der Waals surface area contributed by atoms with Gasteiger partial charge in [-0.05, 0) is 43.7 Å². The first kappa shape index (κ1) is 17.8. The minimum absolute atomic E-state index is 0. The SMILES string of the molecule is Cl.Cn1ccnc1Sc1ccc(NC(=O)C2CCCCN2)cc1. The summed E-state index contributed by atoms with van der Waals surface area (Å²) in [6, 6.07) is 7.82. The number of piperidine rings is 1. The average Bonchev–Trinajstić information content (AvgIpc) is 2.95. The molecule has 1 amide bonds. The van der Waals surface area contributed by atoms with E-state index in [0.717, 1.165) is 41.5 Å². The minimum Gasteiger partial charge on any atom is -0.329 e. The van der Waals surface area contributed by atoms with Crippen LogP contribution in [0.25, 0.3) is 0 Å². The minimum atomic E-state index is -0.0598. The number of hydrogen-bond donors (Lipinski definition) is 2. The van der Waals surface area contributed by atoms with Crippen molar-refractivity contribution in [1.82, 2.24) is 14.9 Å². The third-order valence-corrected chi connectivity index (χ3v) is 4.82. The summed E-state index contributed by atoms with van der Waals surface area (Å²) in [6.07, 6.45) is 6.90. The number of hydrogen-bond acceptors (Lipinski definition) is 4. The lowest BCUT2D eigenvalue weighted by atomic mass is 10.0. The molecule has 5 nitrogen and oxygen atoms in total. The summed E-state index contributed by atoms with van der Waals surface area (Å²) in [6.45, 7) is 0.928. The number of carbonyl (C=O) groups is 1. The van der Waals surface area contributed by atoms with Gasteiger partial charge in [-0.15, -0.1) is 12.4 Å². The van der Waals surface area contributed by atoms with E-state index in [0.29, 0.717) is 0 Å². The molecule has 1 unspecified atom stereocenters. The fraction of sp³-hybridized carbons (Fsp3) is 0.375. The Morgan fingerprint density at radius 1 is 1.35 bits per heavy atom. The summed E-state index contributed by atoms with van der Waals surface area (Å²) in [5.74, 6) is 0.0594. The first-order valence-corrected chi connectivity index (χ1v) is 8.33. The Kier molecular flexibility index (Phi) is 6.50. The molecule has 1 aromatic heterocycles. The highest BCUT2D eigenvalue weighted by Crippen LogP contribution is 2.26. The molecule has 0 saturated carbocycles. The van der Waals surface area contributed by atoms with E-state index in [-0.39, 0.29) is 24.4 Å². The number of amides is 1. The number of halogens is 1. The number of nitrogens with one attached hydrogen (secondary N) is 2. The van der Waals surface area contributed by atoms with Gasteiger partial charge in [0.2, 0.25) is 5.91 Å². The highest BCUT2D eigenvalue weighted by molar-refractivity contribution is 7.99. The summed E-state index contributed by atoms with van der Waals surface area (Å²) in [5, 5.41) is 7.18. The average molecular weight is 353 g/mol. The third-order valence-electron chi connectivity index (χ3n) is 3.73. The lowest BCUT2D eigenvalue weighted by Crippen LogP contribution is -2.43. The number of rotatable bonds is 4. The highest BCUT2D eigenvalue weighted by atomic mass is 35.5. The van der Waals surface area contributed by atoms with Crippen molar-refractivity contribution in [3.8, 4) is 0 Å². The smallest absolute Gasteiger partial charge is 0.241 e. The maximum absolute atomic E-state index is 12.2. The van der Waals surface area contributed by atoms with Crippen molar-refractivity contribution in [2.24, 2.45) is 7.05 Å². The fourth-order valence-corrected chi connectivity index (χ4v) is 3.27. The van der Waals surface area contributed by atoms with Crippen molar-refractivity contribution >= 4 is 35.8 Å². The zero-order valence-electron chi connectivity index (χ0n) is 13.0. The Morgan fingerprint density at radius 2 is 2.13 bits per heavy atom. The van der Waals surface area contributed by atoms with E-state index in [1.807, 2.05) is 42.1 Å². The van der Waals surface area contributed by atoms with Gasteiger partial charge in [-0.3, -0.25) is 4.79 Å². The molecule has 1 saturated heterocycles. The Bertz CT molecular complexity index is 638. The van der Waals surface area contributed by atoms with Gasteiger partial charge in [0.1, 0.15) is 0 Å². The zero-order chi connectivity index (χ0) is 15.4. The van der Waals surface area contributed by atoms with Crippen molar-refractivity contribution in [2.45, 2.75) is 35.4 Å². The van der Waals surface area contributed by atoms with Crippen LogP contribution in [0.5, 0.6) is 0 Å². The molecule has 0 radical (unpaired) electrons. The molecule has 1 aliphatic rings. The Hall–Kier alpha value is -1.50. The van der Waals surface area contributed by atoms with Gasteiger partial charge in [-0.25, -0.2) is 4.98 Å². The molecule has 2 heterocycles. The first-order chi connectivity index (χ1) is 10.7. The van der Waals surface area contributed by atoms with Crippen LogP contribution in [0.15, 0.2) is 46.7 Å². The topological polar surface area (TPSA) is 59.0 Å². The Morgan fingerprint density at radius 3 is 2.74 bits per heavy atom. The highest BCUT2D eigenvalue weighted by Gasteiger charge is 2.20. The maximum Gasteiger partial charge on any atom is 0.241 e. The molecule has 23 heavy (non-hydrogen) atoms. The van der Waals surface area contributed by atoms with Crippen molar-refractivity contribution < 1.29 is 4.79 Å². The van der Waals surface area contributed by atoms with Gasteiger partial charge in [-0.1, -0.05) is 18.2 Å². The number of carbonyl (C=O) groups excluding carboxylic acids is 1. The molecule has 0 spiro atoms. The van der Waals surface area contributed by atoms with Crippen molar-refractivity contribution in [3.05, 3.63) is 36.7 Å². The van der Waals surface area contributed by atoms with E-state index >= 15 is 0 Å². The molecule has 1 aliphatic heterocycles. The number of aromatic nitrogens is 2. The number of benzene rings is 1.